The van der Waals surface area contributed by atoms with Crippen LogP contribution in [0.2, 0.25) is 0 Å². The van der Waals surface area contributed by atoms with Gasteiger partial charge in [-0.2, -0.15) is 0 Å². The highest BCUT2D eigenvalue weighted by atomic mass is 16.6. The van der Waals surface area contributed by atoms with Crippen LogP contribution in [-0.4, -0.2) is 4.92 Å². The highest BCUT2D eigenvalue weighted by Crippen LogP contribution is 2.32. The Morgan fingerprint density at radius 2 is 1.80 bits per heavy atom. The molecular weight excluding hydrogens is 254 g/mol. The second-order valence-corrected chi connectivity index (χ2v) is 4.90. The summed E-state index contributed by atoms with van der Waals surface area (Å²) in [6.07, 6.45) is -0.0410. The van der Waals surface area contributed by atoms with Crippen LogP contribution in [0.3, 0.4) is 0 Å². The van der Waals surface area contributed by atoms with Gasteiger partial charge >= 0.3 is 0 Å². The highest BCUT2D eigenvalue weighted by molar-refractivity contribution is 5.56. The van der Waals surface area contributed by atoms with E-state index in [2.05, 4.69) is 23.6 Å². The summed E-state index contributed by atoms with van der Waals surface area (Å²) in [6.45, 7) is 2.11. The van der Waals surface area contributed by atoms with Crippen LogP contribution in [0.1, 0.15) is 30.3 Å². The van der Waals surface area contributed by atoms with Crippen LogP contribution < -0.4 is 10.6 Å². The van der Waals surface area contributed by atoms with Crippen LogP contribution in [-0.2, 0) is 0 Å². The third kappa shape index (κ3) is 2.23. The van der Waals surface area contributed by atoms with Crippen LogP contribution in [0.25, 0.3) is 0 Å². The SMILES string of the molecule is CC1NC(c2ccc([N+](=O)[O-])cc2)Nc2ccccc21. The Hall–Kier alpha value is -2.40. The summed E-state index contributed by atoms with van der Waals surface area (Å²) in [5, 5.41) is 17.5. The monoisotopic (exact) mass is 269 g/mol. The molecule has 5 heteroatoms. The van der Waals surface area contributed by atoms with E-state index >= 15 is 0 Å². The summed E-state index contributed by atoms with van der Waals surface area (Å²) >= 11 is 0. The number of nitrogens with zero attached hydrogens (tertiary/aromatic N) is 1. The van der Waals surface area contributed by atoms with E-state index in [9.17, 15) is 10.1 Å². The van der Waals surface area contributed by atoms with Gasteiger partial charge in [0, 0.05) is 23.9 Å². The Morgan fingerprint density at radius 1 is 1.10 bits per heavy atom. The van der Waals surface area contributed by atoms with Crippen molar-refractivity contribution < 1.29 is 4.92 Å². The summed E-state index contributed by atoms with van der Waals surface area (Å²) in [5.74, 6) is 0. The number of nitro benzene ring substituents is 1. The smallest absolute Gasteiger partial charge is 0.269 e. The van der Waals surface area contributed by atoms with Crippen LogP contribution in [0.4, 0.5) is 11.4 Å². The molecule has 2 aromatic rings. The van der Waals surface area contributed by atoms with Gasteiger partial charge in [-0.15, -0.1) is 0 Å². The Labute approximate surface area is 116 Å². The first-order chi connectivity index (χ1) is 9.65. The molecule has 20 heavy (non-hydrogen) atoms. The molecule has 0 radical (unpaired) electrons. The maximum Gasteiger partial charge on any atom is 0.269 e. The molecule has 2 unspecified atom stereocenters. The Kier molecular flexibility index (Phi) is 3.12. The standard InChI is InChI=1S/C15H15N3O2/c1-10-13-4-2-3-5-14(13)17-15(16-10)11-6-8-12(9-7-11)18(19)20/h2-10,15-17H,1H3. The largest absolute Gasteiger partial charge is 0.366 e. The second kappa shape index (κ2) is 4.94. The first-order valence-electron chi connectivity index (χ1n) is 6.51. The minimum absolute atomic E-state index is 0.0410. The second-order valence-electron chi connectivity index (χ2n) is 4.90. The van der Waals surface area contributed by atoms with Gasteiger partial charge in [0.25, 0.3) is 5.69 Å². The van der Waals surface area contributed by atoms with Gasteiger partial charge in [-0.25, -0.2) is 0 Å². The average molecular weight is 269 g/mol. The number of non-ortho nitro benzene ring substituents is 1. The molecular formula is C15H15N3O2. The van der Waals surface area contributed by atoms with Gasteiger partial charge in [-0.05, 0) is 36.2 Å². The van der Waals surface area contributed by atoms with Crippen molar-refractivity contribution in [2.75, 3.05) is 5.32 Å². The minimum atomic E-state index is -0.385. The van der Waals surface area contributed by atoms with Gasteiger partial charge in [0.05, 0.1) is 4.92 Å². The topological polar surface area (TPSA) is 67.2 Å². The molecule has 1 heterocycles. The van der Waals surface area contributed by atoms with E-state index in [4.69, 9.17) is 0 Å². The molecule has 0 aromatic heterocycles. The summed E-state index contributed by atoms with van der Waals surface area (Å²) in [6, 6.07) is 15.0. The van der Waals surface area contributed by atoms with Gasteiger partial charge in [-0.3, -0.25) is 15.4 Å². The average Bonchev–Trinajstić information content (AvgIpc) is 2.47. The molecule has 1 aliphatic rings. The number of hydrogen-bond acceptors (Lipinski definition) is 4. The van der Waals surface area contributed by atoms with Crippen LogP contribution >= 0.6 is 0 Å². The van der Waals surface area contributed by atoms with Crippen LogP contribution in [0, 0.1) is 10.1 Å². The molecule has 2 aromatic carbocycles. The Bertz CT molecular complexity index is 640. The number of para-hydroxylation sites is 1. The highest BCUT2D eigenvalue weighted by Gasteiger charge is 2.23. The van der Waals surface area contributed by atoms with Crippen molar-refractivity contribution in [2.45, 2.75) is 19.1 Å². The molecule has 1 aliphatic heterocycles. The van der Waals surface area contributed by atoms with Crippen LogP contribution in [0.15, 0.2) is 48.5 Å². The van der Waals surface area contributed by atoms with Crippen molar-refractivity contribution in [1.82, 2.24) is 5.32 Å². The normalized spacial score (nSPS) is 20.9. The van der Waals surface area contributed by atoms with E-state index < -0.39 is 0 Å². The van der Waals surface area contributed by atoms with Gasteiger partial charge in [0.1, 0.15) is 6.17 Å². The molecule has 0 spiro atoms. The lowest BCUT2D eigenvalue weighted by atomic mass is 10.0. The first kappa shape index (κ1) is 12.6. The molecule has 2 atom stereocenters. The van der Waals surface area contributed by atoms with Crippen molar-refractivity contribution >= 4 is 11.4 Å². The number of anilines is 1. The van der Waals surface area contributed by atoms with Crippen LogP contribution in [0.5, 0.6) is 0 Å². The number of nitro groups is 1. The molecule has 0 saturated heterocycles. The number of fused-ring (bicyclic) bond motifs is 1. The number of hydrogen-bond donors (Lipinski definition) is 2. The lowest BCUT2D eigenvalue weighted by Crippen LogP contribution is -2.35. The number of rotatable bonds is 2. The predicted molar refractivity (Wildman–Crippen MR) is 77.5 cm³/mol. The fourth-order valence-electron chi connectivity index (χ4n) is 2.51. The van der Waals surface area contributed by atoms with E-state index in [0.717, 1.165) is 11.3 Å². The molecule has 0 saturated carbocycles. The van der Waals surface area contributed by atoms with Crippen molar-refractivity contribution in [3.8, 4) is 0 Å². The third-order valence-corrected chi connectivity index (χ3v) is 3.58. The van der Waals surface area contributed by atoms with Crippen molar-refractivity contribution in [2.24, 2.45) is 0 Å². The summed E-state index contributed by atoms with van der Waals surface area (Å²) in [5.41, 5.74) is 3.42. The Balaban J connectivity index is 1.88. The van der Waals surface area contributed by atoms with E-state index in [1.807, 2.05) is 18.2 Å². The zero-order chi connectivity index (χ0) is 14.1. The molecule has 5 nitrogen and oxygen atoms in total. The van der Waals surface area contributed by atoms with Crippen molar-refractivity contribution in [3.05, 3.63) is 69.8 Å². The van der Waals surface area contributed by atoms with E-state index in [0.29, 0.717) is 0 Å². The fraction of sp³-hybridized carbons (Fsp3) is 0.200. The zero-order valence-corrected chi connectivity index (χ0v) is 11.0. The fourth-order valence-corrected chi connectivity index (χ4v) is 2.51. The number of benzene rings is 2. The minimum Gasteiger partial charge on any atom is -0.366 e. The first-order valence-corrected chi connectivity index (χ1v) is 6.51. The summed E-state index contributed by atoms with van der Waals surface area (Å²) in [7, 11) is 0. The lowest BCUT2D eigenvalue weighted by Gasteiger charge is -2.33. The van der Waals surface area contributed by atoms with Gasteiger partial charge < -0.3 is 5.32 Å². The number of nitrogens with one attached hydrogen (secondary N) is 2. The maximum absolute atomic E-state index is 10.7. The van der Waals surface area contributed by atoms with E-state index in [1.165, 1.54) is 17.7 Å². The zero-order valence-electron chi connectivity index (χ0n) is 11.0. The Morgan fingerprint density at radius 3 is 2.50 bits per heavy atom. The molecule has 0 bridgehead atoms. The summed E-state index contributed by atoms with van der Waals surface area (Å²) < 4.78 is 0. The van der Waals surface area contributed by atoms with Gasteiger partial charge in [0.2, 0.25) is 0 Å². The molecule has 0 fully saturated rings. The lowest BCUT2D eigenvalue weighted by molar-refractivity contribution is -0.384. The van der Waals surface area contributed by atoms with E-state index in [-0.39, 0.29) is 22.8 Å². The third-order valence-electron chi connectivity index (χ3n) is 3.58. The van der Waals surface area contributed by atoms with Gasteiger partial charge in [0.15, 0.2) is 0 Å². The quantitative estimate of drug-likeness (QED) is 0.648. The molecule has 3 rings (SSSR count). The molecule has 0 amide bonds. The molecule has 0 aliphatic carbocycles. The maximum atomic E-state index is 10.7. The van der Waals surface area contributed by atoms with Crippen molar-refractivity contribution in [1.29, 1.82) is 0 Å². The van der Waals surface area contributed by atoms with Gasteiger partial charge in [-0.1, -0.05) is 18.2 Å². The predicted octanol–water partition coefficient (Wildman–Crippen LogP) is 3.37. The molecule has 102 valence electrons. The van der Waals surface area contributed by atoms with Crippen molar-refractivity contribution in [3.63, 3.8) is 0 Å². The molecule has 2 N–H and O–H groups in total. The summed E-state index contributed by atoms with van der Waals surface area (Å²) in [4.78, 5) is 10.3. The van der Waals surface area contributed by atoms with E-state index in [1.54, 1.807) is 12.1 Å².